The van der Waals surface area contributed by atoms with Gasteiger partial charge in [0, 0.05) is 18.4 Å². The highest BCUT2D eigenvalue weighted by atomic mass is 16.4. The van der Waals surface area contributed by atoms with Crippen LogP contribution >= 0.6 is 0 Å². The molecule has 0 radical (unpaired) electrons. The van der Waals surface area contributed by atoms with E-state index >= 15 is 0 Å². The first-order valence-corrected chi connectivity index (χ1v) is 8.99. The van der Waals surface area contributed by atoms with E-state index in [0.29, 0.717) is 18.5 Å². The number of amides is 1. The maximum Gasteiger partial charge on any atom is 0.308 e. The van der Waals surface area contributed by atoms with Crippen LogP contribution in [0.1, 0.15) is 54.4 Å². The average Bonchev–Trinajstić information content (AvgIpc) is 2.57. The first kappa shape index (κ1) is 18.1. The van der Waals surface area contributed by atoms with E-state index in [9.17, 15) is 19.5 Å². The van der Waals surface area contributed by atoms with Crippen LogP contribution in [0, 0.1) is 12.8 Å². The van der Waals surface area contributed by atoms with Crippen LogP contribution < -0.4 is 10.9 Å². The second kappa shape index (κ2) is 7.68. The van der Waals surface area contributed by atoms with Crippen LogP contribution in [-0.2, 0) is 4.79 Å². The topological polar surface area (TPSA) is 101 Å². The monoisotopic (exact) mass is 357 g/mol. The number of aliphatic carboxylic acids is 1. The molecule has 1 aliphatic rings. The fourth-order valence-corrected chi connectivity index (χ4v) is 3.53. The molecular formula is C19H23N3O4. The van der Waals surface area contributed by atoms with Gasteiger partial charge in [-0.15, -0.1) is 0 Å². The van der Waals surface area contributed by atoms with Gasteiger partial charge in [-0.2, -0.15) is 0 Å². The minimum absolute atomic E-state index is 0.0717. The van der Waals surface area contributed by atoms with E-state index in [1.807, 2.05) is 6.92 Å². The molecule has 2 atom stereocenters. The molecule has 0 spiro atoms. The first-order chi connectivity index (χ1) is 12.5. The number of aryl methyl sites for hydroxylation is 1. The van der Waals surface area contributed by atoms with Gasteiger partial charge < -0.3 is 10.4 Å². The van der Waals surface area contributed by atoms with Gasteiger partial charge in [-0.25, -0.2) is 4.98 Å². The molecule has 2 heterocycles. The molecule has 3 rings (SSSR count). The normalized spacial score (nSPS) is 21.0. The standard InChI is InChI=1S/C19H23N3O4/c1-12-8-9-22-16(10-12)20-11-14(18(22)24)17(23)21-15-7-5-3-2-4-6-13(15)19(25)26/h8-11,13,15H,2-7H2,1H3,(H,21,23)(H,25,26). The van der Waals surface area contributed by atoms with Gasteiger partial charge in [-0.05, 0) is 37.5 Å². The lowest BCUT2D eigenvalue weighted by Gasteiger charge is -2.27. The van der Waals surface area contributed by atoms with Crippen molar-refractivity contribution >= 4 is 17.5 Å². The summed E-state index contributed by atoms with van der Waals surface area (Å²) in [4.78, 5) is 41.0. The first-order valence-electron chi connectivity index (χ1n) is 8.99. The van der Waals surface area contributed by atoms with Crippen molar-refractivity contribution in [3.63, 3.8) is 0 Å². The lowest BCUT2D eigenvalue weighted by molar-refractivity contribution is -0.143. The summed E-state index contributed by atoms with van der Waals surface area (Å²) in [5.41, 5.74) is 0.914. The number of carbonyl (C=O) groups excluding carboxylic acids is 1. The smallest absolute Gasteiger partial charge is 0.308 e. The van der Waals surface area contributed by atoms with E-state index in [0.717, 1.165) is 31.2 Å². The van der Waals surface area contributed by atoms with Crippen LogP contribution in [0.15, 0.2) is 29.3 Å². The number of aromatic nitrogens is 2. The van der Waals surface area contributed by atoms with E-state index < -0.39 is 29.4 Å². The van der Waals surface area contributed by atoms with Gasteiger partial charge in [0.05, 0.1) is 5.92 Å². The second-order valence-corrected chi connectivity index (χ2v) is 6.93. The molecule has 0 bridgehead atoms. The number of hydrogen-bond donors (Lipinski definition) is 2. The molecule has 2 unspecified atom stereocenters. The van der Waals surface area contributed by atoms with Crippen molar-refractivity contribution in [3.8, 4) is 0 Å². The van der Waals surface area contributed by atoms with Gasteiger partial charge in [0.1, 0.15) is 11.2 Å². The van der Waals surface area contributed by atoms with Gasteiger partial charge in [0.2, 0.25) is 0 Å². The highest BCUT2D eigenvalue weighted by Gasteiger charge is 2.30. The molecule has 0 saturated heterocycles. The SMILES string of the molecule is Cc1ccn2c(=O)c(C(=O)NC3CCCCCCC3C(=O)O)cnc2c1. The van der Waals surface area contributed by atoms with Crippen molar-refractivity contribution in [2.24, 2.45) is 5.92 Å². The number of hydrogen-bond acceptors (Lipinski definition) is 4. The Balaban J connectivity index is 1.87. The minimum Gasteiger partial charge on any atom is -0.481 e. The zero-order chi connectivity index (χ0) is 18.7. The summed E-state index contributed by atoms with van der Waals surface area (Å²) >= 11 is 0. The van der Waals surface area contributed by atoms with Crippen molar-refractivity contribution < 1.29 is 14.7 Å². The summed E-state index contributed by atoms with van der Waals surface area (Å²) in [5, 5.41) is 12.3. The van der Waals surface area contributed by atoms with E-state index in [-0.39, 0.29) is 5.56 Å². The maximum absolute atomic E-state index is 12.7. The molecule has 7 nitrogen and oxygen atoms in total. The number of nitrogens with one attached hydrogen (secondary N) is 1. The summed E-state index contributed by atoms with van der Waals surface area (Å²) < 4.78 is 1.33. The molecular weight excluding hydrogens is 334 g/mol. The summed E-state index contributed by atoms with van der Waals surface area (Å²) in [6, 6.07) is 3.06. The molecule has 26 heavy (non-hydrogen) atoms. The van der Waals surface area contributed by atoms with E-state index in [4.69, 9.17) is 0 Å². The highest BCUT2D eigenvalue weighted by molar-refractivity contribution is 5.94. The molecule has 1 fully saturated rings. The van der Waals surface area contributed by atoms with Gasteiger partial charge in [0.25, 0.3) is 11.5 Å². The number of nitrogens with zero attached hydrogens (tertiary/aromatic N) is 2. The minimum atomic E-state index is -0.902. The number of carboxylic acids is 1. The Morgan fingerprint density at radius 2 is 1.96 bits per heavy atom. The van der Waals surface area contributed by atoms with Gasteiger partial charge >= 0.3 is 5.97 Å². The van der Waals surface area contributed by atoms with E-state index in [1.54, 1.807) is 18.3 Å². The molecule has 2 aromatic heterocycles. The van der Waals surface area contributed by atoms with Crippen LogP contribution in [0.25, 0.3) is 5.65 Å². The Labute approximate surface area is 151 Å². The van der Waals surface area contributed by atoms with Crippen molar-refractivity contribution in [1.82, 2.24) is 14.7 Å². The molecule has 7 heteroatoms. The van der Waals surface area contributed by atoms with Crippen LogP contribution in [0.4, 0.5) is 0 Å². The molecule has 2 N–H and O–H groups in total. The molecule has 1 amide bonds. The number of rotatable bonds is 3. The molecule has 0 aromatic carbocycles. The summed E-state index contributed by atoms with van der Waals surface area (Å²) in [6.45, 7) is 1.90. The number of fused-ring (bicyclic) bond motifs is 1. The van der Waals surface area contributed by atoms with Crippen molar-refractivity contribution in [3.05, 3.63) is 46.0 Å². The Hall–Kier alpha value is -2.70. The summed E-state index contributed by atoms with van der Waals surface area (Å²) in [7, 11) is 0. The van der Waals surface area contributed by atoms with Crippen LogP contribution in [0.2, 0.25) is 0 Å². The average molecular weight is 357 g/mol. The fraction of sp³-hybridized carbons (Fsp3) is 0.474. The fourth-order valence-electron chi connectivity index (χ4n) is 3.53. The number of pyridine rings is 1. The second-order valence-electron chi connectivity index (χ2n) is 6.93. The predicted octanol–water partition coefficient (Wildman–Crippen LogP) is 2.16. The maximum atomic E-state index is 12.7. The van der Waals surface area contributed by atoms with Gasteiger partial charge in [-0.3, -0.25) is 18.8 Å². The zero-order valence-electron chi connectivity index (χ0n) is 14.8. The van der Waals surface area contributed by atoms with Gasteiger partial charge in [0.15, 0.2) is 0 Å². The lowest BCUT2D eigenvalue weighted by Crippen LogP contribution is -2.45. The Morgan fingerprint density at radius 3 is 2.69 bits per heavy atom. The largest absolute Gasteiger partial charge is 0.481 e. The molecule has 0 aliphatic heterocycles. The van der Waals surface area contributed by atoms with Crippen LogP contribution in [-0.4, -0.2) is 32.4 Å². The van der Waals surface area contributed by atoms with Crippen molar-refractivity contribution in [1.29, 1.82) is 0 Å². The number of carboxylic acid groups (broad SMARTS) is 1. The predicted molar refractivity (Wildman–Crippen MR) is 96.3 cm³/mol. The van der Waals surface area contributed by atoms with Crippen LogP contribution in [0.3, 0.4) is 0 Å². The Morgan fingerprint density at radius 1 is 1.23 bits per heavy atom. The molecule has 1 saturated carbocycles. The molecule has 2 aromatic rings. The lowest BCUT2D eigenvalue weighted by atomic mass is 9.86. The number of carbonyl (C=O) groups is 2. The Bertz CT molecular complexity index is 890. The quantitative estimate of drug-likeness (QED) is 0.877. The summed E-state index contributed by atoms with van der Waals surface area (Å²) in [6.07, 6.45) is 7.74. The van der Waals surface area contributed by atoms with Crippen LogP contribution in [0.5, 0.6) is 0 Å². The van der Waals surface area contributed by atoms with Gasteiger partial charge in [-0.1, -0.05) is 25.7 Å². The van der Waals surface area contributed by atoms with E-state index in [1.165, 1.54) is 10.6 Å². The highest BCUT2D eigenvalue weighted by Crippen LogP contribution is 2.23. The van der Waals surface area contributed by atoms with Crippen molar-refractivity contribution in [2.75, 3.05) is 0 Å². The summed E-state index contributed by atoms with van der Waals surface area (Å²) in [5.74, 6) is -2.09. The zero-order valence-corrected chi connectivity index (χ0v) is 14.8. The third-order valence-electron chi connectivity index (χ3n) is 5.01. The third-order valence-corrected chi connectivity index (χ3v) is 5.01. The molecule has 1 aliphatic carbocycles. The van der Waals surface area contributed by atoms with E-state index in [2.05, 4.69) is 10.3 Å². The molecule has 138 valence electrons. The Kier molecular flexibility index (Phi) is 5.35. The van der Waals surface area contributed by atoms with Crippen molar-refractivity contribution in [2.45, 2.75) is 51.5 Å². The third kappa shape index (κ3) is 3.76.